The summed E-state index contributed by atoms with van der Waals surface area (Å²) in [6.45, 7) is 0.815. The Morgan fingerprint density at radius 1 is 1.26 bits per heavy atom. The van der Waals surface area contributed by atoms with Gasteiger partial charge in [-0.15, -0.1) is 0 Å². The van der Waals surface area contributed by atoms with Crippen molar-refractivity contribution < 1.29 is 9.84 Å². The molecule has 1 saturated carbocycles. The average Bonchev–Trinajstić information content (AvgIpc) is 2.89. The van der Waals surface area contributed by atoms with Gasteiger partial charge in [0.25, 0.3) is 0 Å². The molecule has 1 unspecified atom stereocenters. The smallest absolute Gasteiger partial charge is 0.0789 e. The van der Waals surface area contributed by atoms with E-state index < -0.39 is 6.10 Å². The Balaban J connectivity index is 1.73. The first-order valence-electron chi connectivity index (χ1n) is 6.95. The Morgan fingerprint density at radius 2 is 1.95 bits per heavy atom. The molecule has 1 fully saturated rings. The van der Waals surface area contributed by atoms with Crippen molar-refractivity contribution in [2.75, 3.05) is 6.61 Å². The highest BCUT2D eigenvalue weighted by molar-refractivity contribution is 5.13. The van der Waals surface area contributed by atoms with E-state index in [0.717, 1.165) is 31.2 Å². The van der Waals surface area contributed by atoms with E-state index in [2.05, 4.69) is 6.07 Å². The SMILES string of the molecule is N#CC1(CC(O)COCc2ccccc2)CCCC1. The van der Waals surface area contributed by atoms with Crippen LogP contribution in [0.1, 0.15) is 37.7 Å². The van der Waals surface area contributed by atoms with Crippen LogP contribution in [-0.4, -0.2) is 17.8 Å². The average molecular weight is 259 g/mol. The standard InChI is InChI=1S/C16H21NO2/c17-13-16(8-4-5-9-16)10-15(18)12-19-11-14-6-2-1-3-7-14/h1-3,6-7,15,18H,4-5,8-12H2. The summed E-state index contributed by atoms with van der Waals surface area (Å²) in [6, 6.07) is 12.3. The van der Waals surface area contributed by atoms with Crippen LogP contribution < -0.4 is 0 Å². The lowest BCUT2D eigenvalue weighted by molar-refractivity contribution is 0.0101. The Labute approximate surface area is 114 Å². The van der Waals surface area contributed by atoms with E-state index in [1.54, 1.807) is 0 Å². The molecule has 0 aromatic heterocycles. The van der Waals surface area contributed by atoms with Crippen LogP contribution in [0.3, 0.4) is 0 Å². The number of aliphatic hydroxyl groups excluding tert-OH is 1. The van der Waals surface area contributed by atoms with Crippen LogP contribution >= 0.6 is 0 Å². The number of nitrogens with zero attached hydrogens (tertiary/aromatic N) is 1. The normalized spacial score (nSPS) is 18.9. The van der Waals surface area contributed by atoms with Gasteiger partial charge in [0.2, 0.25) is 0 Å². The lowest BCUT2D eigenvalue weighted by atomic mass is 9.82. The van der Waals surface area contributed by atoms with Crippen LogP contribution in [0.4, 0.5) is 0 Å². The van der Waals surface area contributed by atoms with E-state index in [0.29, 0.717) is 19.6 Å². The number of ether oxygens (including phenoxy) is 1. The molecule has 1 N–H and O–H groups in total. The Hall–Kier alpha value is -1.37. The van der Waals surface area contributed by atoms with Crippen molar-refractivity contribution in [2.24, 2.45) is 5.41 Å². The molecular formula is C16H21NO2. The highest BCUT2D eigenvalue weighted by Gasteiger charge is 2.35. The highest BCUT2D eigenvalue weighted by Crippen LogP contribution is 2.41. The molecule has 0 aliphatic heterocycles. The maximum atomic E-state index is 10.0. The van der Waals surface area contributed by atoms with Gasteiger partial charge in [0, 0.05) is 0 Å². The summed E-state index contributed by atoms with van der Waals surface area (Å²) in [5.74, 6) is 0. The molecular weight excluding hydrogens is 238 g/mol. The summed E-state index contributed by atoms with van der Waals surface area (Å²) >= 11 is 0. The van der Waals surface area contributed by atoms with Gasteiger partial charge in [-0.25, -0.2) is 0 Å². The van der Waals surface area contributed by atoms with Crippen LogP contribution in [0.2, 0.25) is 0 Å². The van der Waals surface area contributed by atoms with Gasteiger partial charge < -0.3 is 9.84 Å². The van der Waals surface area contributed by atoms with Crippen molar-refractivity contribution in [3.05, 3.63) is 35.9 Å². The number of hydrogen-bond acceptors (Lipinski definition) is 3. The molecule has 0 bridgehead atoms. The van der Waals surface area contributed by atoms with E-state index in [-0.39, 0.29) is 5.41 Å². The molecule has 1 aliphatic carbocycles. The Kier molecular flexibility index (Phi) is 4.95. The molecule has 0 amide bonds. The number of benzene rings is 1. The summed E-state index contributed by atoms with van der Waals surface area (Å²) in [4.78, 5) is 0. The van der Waals surface area contributed by atoms with Crippen molar-refractivity contribution in [1.82, 2.24) is 0 Å². The first-order chi connectivity index (χ1) is 9.24. The minimum Gasteiger partial charge on any atom is -0.391 e. The van der Waals surface area contributed by atoms with Crippen molar-refractivity contribution in [2.45, 2.75) is 44.8 Å². The number of hydrogen-bond donors (Lipinski definition) is 1. The van der Waals surface area contributed by atoms with Gasteiger partial charge >= 0.3 is 0 Å². The van der Waals surface area contributed by atoms with Crippen LogP contribution in [0.15, 0.2) is 30.3 Å². The van der Waals surface area contributed by atoms with Crippen LogP contribution in [0.25, 0.3) is 0 Å². The lowest BCUT2D eigenvalue weighted by Crippen LogP contribution is -2.25. The number of nitriles is 1. The van der Waals surface area contributed by atoms with Crippen LogP contribution in [-0.2, 0) is 11.3 Å². The van der Waals surface area contributed by atoms with Gasteiger partial charge in [-0.05, 0) is 24.8 Å². The summed E-state index contributed by atoms with van der Waals surface area (Å²) in [7, 11) is 0. The predicted octanol–water partition coefficient (Wildman–Crippen LogP) is 3.04. The maximum absolute atomic E-state index is 10.0. The molecule has 3 nitrogen and oxygen atoms in total. The zero-order valence-electron chi connectivity index (χ0n) is 11.2. The van der Waals surface area contributed by atoms with Gasteiger partial charge in [0.1, 0.15) is 0 Å². The molecule has 1 aliphatic rings. The molecule has 0 spiro atoms. The zero-order valence-corrected chi connectivity index (χ0v) is 11.2. The largest absolute Gasteiger partial charge is 0.391 e. The van der Waals surface area contributed by atoms with Gasteiger partial charge in [-0.2, -0.15) is 5.26 Å². The number of aliphatic hydroxyl groups is 1. The summed E-state index contributed by atoms with van der Waals surface area (Å²) in [6.07, 6.45) is 4.04. The van der Waals surface area contributed by atoms with Gasteiger partial charge in [-0.3, -0.25) is 0 Å². The number of rotatable bonds is 6. The Bertz CT molecular complexity index is 418. The molecule has 1 atom stereocenters. The van der Waals surface area contributed by atoms with E-state index in [4.69, 9.17) is 4.74 Å². The summed E-state index contributed by atoms with van der Waals surface area (Å²) in [5, 5.41) is 19.3. The van der Waals surface area contributed by atoms with Crippen molar-refractivity contribution in [1.29, 1.82) is 5.26 Å². The summed E-state index contributed by atoms with van der Waals surface area (Å²) < 4.78 is 5.52. The molecule has 1 aromatic carbocycles. The topological polar surface area (TPSA) is 53.2 Å². The monoisotopic (exact) mass is 259 g/mol. The van der Waals surface area contributed by atoms with Crippen molar-refractivity contribution in [3.63, 3.8) is 0 Å². The van der Waals surface area contributed by atoms with Crippen LogP contribution in [0, 0.1) is 16.7 Å². The highest BCUT2D eigenvalue weighted by atomic mass is 16.5. The van der Waals surface area contributed by atoms with Crippen molar-refractivity contribution in [3.8, 4) is 6.07 Å². The molecule has 0 saturated heterocycles. The zero-order chi connectivity index (χ0) is 13.6. The fraction of sp³-hybridized carbons (Fsp3) is 0.562. The fourth-order valence-corrected chi connectivity index (χ4v) is 2.81. The van der Waals surface area contributed by atoms with E-state index in [1.165, 1.54) is 0 Å². The van der Waals surface area contributed by atoms with Gasteiger partial charge in [-0.1, -0.05) is 43.2 Å². The molecule has 19 heavy (non-hydrogen) atoms. The third-order valence-electron chi connectivity index (χ3n) is 3.85. The second-order valence-electron chi connectivity index (χ2n) is 5.46. The van der Waals surface area contributed by atoms with E-state index >= 15 is 0 Å². The molecule has 3 heteroatoms. The Morgan fingerprint density at radius 3 is 2.58 bits per heavy atom. The quantitative estimate of drug-likeness (QED) is 0.854. The minimum atomic E-state index is -0.540. The first-order valence-corrected chi connectivity index (χ1v) is 6.95. The minimum absolute atomic E-state index is 0.304. The van der Waals surface area contributed by atoms with Crippen molar-refractivity contribution >= 4 is 0 Å². The predicted molar refractivity (Wildman–Crippen MR) is 73.2 cm³/mol. The van der Waals surface area contributed by atoms with Gasteiger partial charge in [0.05, 0.1) is 30.8 Å². The third-order valence-corrected chi connectivity index (χ3v) is 3.85. The molecule has 2 rings (SSSR count). The molecule has 1 aromatic rings. The second kappa shape index (κ2) is 6.70. The van der Waals surface area contributed by atoms with E-state index in [1.807, 2.05) is 30.3 Å². The third kappa shape index (κ3) is 4.05. The molecule has 102 valence electrons. The maximum Gasteiger partial charge on any atom is 0.0789 e. The second-order valence-corrected chi connectivity index (χ2v) is 5.46. The summed E-state index contributed by atoms with van der Waals surface area (Å²) in [5.41, 5.74) is 0.792. The van der Waals surface area contributed by atoms with Gasteiger partial charge in [0.15, 0.2) is 0 Å². The lowest BCUT2D eigenvalue weighted by Gasteiger charge is -2.23. The fourth-order valence-electron chi connectivity index (χ4n) is 2.81. The molecule has 0 heterocycles. The van der Waals surface area contributed by atoms with E-state index in [9.17, 15) is 10.4 Å². The first kappa shape index (κ1) is 14.0. The van der Waals surface area contributed by atoms with Crippen LogP contribution in [0.5, 0.6) is 0 Å². The molecule has 0 radical (unpaired) electrons.